The molecule has 0 aromatic heterocycles. The normalized spacial score (nSPS) is 28.3. The second-order valence-electron chi connectivity index (χ2n) is 7.92. The molecule has 5 heteroatoms. The number of anilines is 1. The van der Waals surface area contributed by atoms with E-state index >= 15 is 0 Å². The van der Waals surface area contributed by atoms with Crippen LogP contribution in [-0.4, -0.2) is 50.5 Å². The second-order valence-corrected chi connectivity index (χ2v) is 10.2. The SMILES string of the molecule is O=S1(=O)CCN(c2ccc(C3CCCN3C3CCCCC3)cc2)CC1. The van der Waals surface area contributed by atoms with Gasteiger partial charge in [0.25, 0.3) is 0 Å². The van der Waals surface area contributed by atoms with Crippen molar-refractivity contribution < 1.29 is 8.42 Å². The first-order chi connectivity index (χ1) is 12.1. The summed E-state index contributed by atoms with van der Waals surface area (Å²) in [6, 6.07) is 10.3. The summed E-state index contributed by atoms with van der Waals surface area (Å²) >= 11 is 0. The van der Waals surface area contributed by atoms with Gasteiger partial charge in [-0.05, 0) is 49.9 Å². The Labute approximate surface area is 152 Å². The van der Waals surface area contributed by atoms with E-state index in [1.54, 1.807) is 0 Å². The Morgan fingerprint density at radius 1 is 0.800 bits per heavy atom. The predicted molar refractivity (Wildman–Crippen MR) is 103 cm³/mol. The van der Waals surface area contributed by atoms with Gasteiger partial charge in [-0.2, -0.15) is 0 Å². The van der Waals surface area contributed by atoms with E-state index in [1.165, 1.54) is 62.7 Å². The van der Waals surface area contributed by atoms with Gasteiger partial charge in [0.2, 0.25) is 0 Å². The average Bonchev–Trinajstić information content (AvgIpc) is 3.12. The third-order valence-electron chi connectivity index (χ3n) is 6.33. The van der Waals surface area contributed by atoms with E-state index in [0.29, 0.717) is 19.1 Å². The Hall–Kier alpha value is -1.07. The molecular weight excluding hydrogens is 332 g/mol. The summed E-state index contributed by atoms with van der Waals surface area (Å²) in [4.78, 5) is 4.97. The van der Waals surface area contributed by atoms with E-state index in [2.05, 4.69) is 34.1 Å². The second kappa shape index (κ2) is 7.28. The highest BCUT2D eigenvalue weighted by atomic mass is 32.2. The molecule has 2 aliphatic heterocycles. The zero-order valence-corrected chi connectivity index (χ0v) is 15.9. The number of sulfone groups is 1. The highest BCUT2D eigenvalue weighted by Crippen LogP contribution is 2.38. The standard InChI is InChI=1S/C20H30N2O2S/c23-25(24)15-13-21(14-16-25)18-10-8-17(9-11-18)20-7-4-12-22(20)19-5-2-1-3-6-19/h8-11,19-20H,1-7,12-16H2. The van der Waals surface area contributed by atoms with Crippen LogP contribution >= 0.6 is 0 Å². The maximum absolute atomic E-state index is 11.6. The molecule has 0 spiro atoms. The number of nitrogens with zero attached hydrogens (tertiary/aromatic N) is 2. The molecule has 2 heterocycles. The lowest BCUT2D eigenvalue weighted by Crippen LogP contribution is -2.40. The fourth-order valence-corrected chi connectivity index (χ4v) is 6.08. The maximum atomic E-state index is 11.6. The van der Waals surface area contributed by atoms with E-state index in [1.807, 2.05) is 0 Å². The van der Waals surface area contributed by atoms with Crippen molar-refractivity contribution in [2.45, 2.75) is 57.0 Å². The Kier molecular flexibility index (Phi) is 5.05. The number of benzene rings is 1. The Balaban J connectivity index is 1.44. The van der Waals surface area contributed by atoms with Crippen molar-refractivity contribution in [3.63, 3.8) is 0 Å². The van der Waals surface area contributed by atoms with Crippen LogP contribution in [0.25, 0.3) is 0 Å². The van der Waals surface area contributed by atoms with E-state index in [4.69, 9.17) is 0 Å². The van der Waals surface area contributed by atoms with Gasteiger partial charge in [0, 0.05) is 30.9 Å². The Bertz CT molecular complexity index is 666. The van der Waals surface area contributed by atoms with Crippen molar-refractivity contribution in [2.75, 3.05) is 36.0 Å². The molecule has 3 fully saturated rings. The molecule has 0 N–H and O–H groups in total. The smallest absolute Gasteiger partial charge is 0.153 e. The molecule has 4 rings (SSSR count). The van der Waals surface area contributed by atoms with Crippen molar-refractivity contribution in [1.82, 2.24) is 4.90 Å². The highest BCUT2D eigenvalue weighted by Gasteiger charge is 2.32. The van der Waals surface area contributed by atoms with Crippen LogP contribution in [0.1, 0.15) is 56.6 Å². The zero-order chi connectivity index (χ0) is 17.3. The number of likely N-dealkylation sites (tertiary alicyclic amines) is 1. The first kappa shape index (κ1) is 17.3. The lowest BCUT2D eigenvalue weighted by molar-refractivity contribution is 0.142. The van der Waals surface area contributed by atoms with E-state index in [-0.39, 0.29) is 11.5 Å². The van der Waals surface area contributed by atoms with E-state index in [9.17, 15) is 8.42 Å². The monoisotopic (exact) mass is 362 g/mol. The molecule has 4 nitrogen and oxygen atoms in total. The molecule has 1 atom stereocenters. The summed E-state index contributed by atoms with van der Waals surface area (Å²) in [7, 11) is -2.81. The lowest BCUT2D eigenvalue weighted by Gasteiger charge is -2.36. The van der Waals surface area contributed by atoms with Gasteiger partial charge in [0.1, 0.15) is 0 Å². The quantitative estimate of drug-likeness (QED) is 0.826. The summed E-state index contributed by atoms with van der Waals surface area (Å²) in [5, 5.41) is 0. The molecule has 25 heavy (non-hydrogen) atoms. The first-order valence-corrected chi connectivity index (χ1v) is 11.8. The van der Waals surface area contributed by atoms with E-state index in [0.717, 1.165) is 6.04 Å². The lowest BCUT2D eigenvalue weighted by atomic mass is 9.92. The zero-order valence-electron chi connectivity index (χ0n) is 15.1. The molecule has 1 aromatic carbocycles. The molecule has 0 bridgehead atoms. The topological polar surface area (TPSA) is 40.6 Å². The average molecular weight is 363 g/mol. The molecule has 1 unspecified atom stereocenters. The van der Waals surface area contributed by atoms with E-state index < -0.39 is 9.84 Å². The van der Waals surface area contributed by atoms with Gasteiger partial charge < -0.3 is 4.90 Å². The fraction of sp³-hybridized carbons (Fsp3) is 0.700. The molecule has 138 valence electrons. The van der Waals surface area contributed by atoms with Crippen molar-refractivity contribution >= 4 is 15.5 Å². The number of hydrogen-bond acceptors (Lipinski definition) is 4. The van der Waals surface area contributed by atoms with Crippen LogP contribution in [0.2, 0.25) is 0 Å². The molecule has 0 radical (unpaired) electrons. The van der Waals surface area contributed by atoms with Crippen LogP contribution in [0.15, 0.2) is 24.3 Å². The van der Waals surface area contributed by atoms with Crippen LogP contribution in [0.3, 0.4) is 0 Å². The van der Waals surface area contributed by atoms with Crippen LogP contribution in [0.5, 0.6) is 0 Å². The van der Waals surface area contributed by atoms with Gasteiger partial charge >= 0.3 is 0 Å². The van der Waals surface area contributed by atoms with Gasteiger partial charge in [0.15, 0.2) is 9.84 Å². The van der Waals surface area contributed by atoms with Gasteiger partial charge in [-0.1, -0.05) is 31.4 Å². The van der Waals surface area contributed by atoms with Crippen LogP contribution < -0.4 is 4.90 Å². The summed E-state index contributed by atoms with van der Waals surface area (Å²) in [6.45, 7) is 2.50. The first-order valence-electron chi connectivity index (χ1n) is 9.93. The van der Waals surface area contributed by atoms with Crippen molar-refractivity contribution in [2.24, 2.45) is 0 Å². The number of hydrogen-bond donors (Lipinski definition) is 0. The van der Waals surface area contributed by atoms with Crippen LogP contribution in [-0.2, 0) is 9.84 Å². The van der Waals surface area contributed by atoms with Crippen molar-refractivity contribution in [3.05, 3.63) is 29.8 Å². The summed E-state index contributed by atoms with van der Waals surface area (Å²) in [5.74, 6) is 0.569. The molecule has 0 amide bonds. The van der Waals surface area contributed by atoms with Crippen LogP contribution in [0.4, 0.5) is 5.69 Å². The predicted octanol–water partition coefficient (Wildman–Crippen LogP) is 3.39. The number of rotatable bonds is 3. The van der Waals surface area contributed by atoms with Gasteiger partial charge in [-0.3, -0.25) is 4.90 Å². The van der Waals surface area contributed by atoms with Gasteiger partial charge in [-0.15, -0.1) is 0 Å². The van der Waals surface area contributed by atoms with Crippen molar-refractivity contribution in [3.8, 4) is 0 Å². The minimum Gasteiger partial charge on any atom is -0.369 e. The fourth-order valence-electron chi connectivity index (χ4n) is 4.87. The van der Waals surface area contributed by atoms with Gasteiger partial charge in [-0.25, -0.2) is 8.42 Å². The highest BCUT2D eigenvalue weighted by molar-refractivity contribution is 7.91. The van der Waals surface area contributed by atoms with Gasteiger partial charge in [0.05, 0.1) is 11.5 Å². The third-order valence-corrected chi connectivity index (χ3v) is 7.93. The molecule has 1 aromatic rings. The largest absolute Gasteiger partial charge is 0.369 e. The molecule has 1 aliphatic carbocycles. The minimum absolute atomic E-state index is 0.285. The summed E-state index contributed by atoms with van der Waals surface area (Å²) < 4.78 is 23.2. The molecular formula is C20H30N2O2S. The minimum atomic E-state index is -2.81. The molecule has 1 saturated carbocycles. The third kappa shape index (κ3) is 3.87. The summed E-state index contributed by atoms with van der Waals surface area (Å²) in [5.41, 5.74) is 2.61. The van der Waals surface area contributed by atoms with Crippen LogP contribution in [0, 0.1) is 0 Å². The van der Waals surface area contributed by atoms with Crippen molar-refractivity contribution in [1.29, 1.82) is 0 Å². The Morgan fingerprint density at radius 2 is 1.48 bits per heavy atom. The maximum Gasteiger partial charge on any atom is 0.153 e. The molecule has 3 aliphatic rings. The summed E-state index contributed by atoms with van der Waals surface area (Å²) in [6.07, 6.45) is 9.53. The molecule has 2 saturated heterocycles. The Morgan fingerprint density at radius 3 is 2.16 bits per heavy atom.